The predicted molar refractivity (Wildman–Crippen MR) is 260 cm³/mol. The van der Waals surface area contributed by atoms with E-state index in [1.165, 1.54) is 84.0 Å². The first-order valence-corrected chi connectivity index (χ1v) is 26.7. The molecule has 2 unspecified atom stereocenters. The monoisotopic (exact) mass is 978 g/mol. The van der Waals surface area contributed by atoms with Crippen LogP contribution in [-0.2, 0) is 42.6 Å². The summed E-state index contributed by atoms with van der Waals surface area (Å²) in [6.07, 6.45) is 22.9. The predicted octanol–water partition coefficient (Wildman–Crippen LogP) is 6.18. The van der Waals surface area contributed by atoms with Gasteiger partial charge in [-0.25, -0.2) is 0 Å². The molecule has 0 bridgehead atoms. The fourth-order valence-electron chi connectivity index (χ4n) is 8.04. The topological polar surface area (TPSA) is 307 Å². The normalized spacial score (nSPS) is 15.6. The summed E-state index contributed by atoms with van der Waals surface area (Å²) in [5.41, 5.74) is 6.42. The Labute approximate surface area is 401 Å². The number of carboxylic acids is 1. The Balaban J connectivity index is 6.37. The summed E-state index contributed by atoms with van der Waals surface area (Å²) in [7, 11) is -3.31. The number of nitrogens with two attached hydrogens (primary N) is 2. The van der Waals surface area contributed by atoms with Crippen LogP contribution in [0.4, 0.5) is 0 Å². The summed E-state index contributed by atoms with van der Waals surface area (Å²) in [5.74, 6) is -6.33. The molecule has 67 heavy (non-hydrogen) atoms. The van der Waals surface area contributed by atoms with Crippen LogP contribution < -0.4 is 27.4 Å². The molecule has 0 aromatic heterocycles. The van der Waals surface area contributed by atoms with Crippen LogP contribution in [0.25, 0.3) is 0 Å². The molecule has 0 saturated carbocycles. The quantitative estimate of drug-likeness (QED) is 0.0142. The van der Waals surface area contributed by atoms with E-state index in [4.69, 9.17) is 25.8 Å². The molecule has 0 aromatic rings. The van der Waals surface area contributed by atoms with Crippen LogP contribution in [0.3, 0.4) is 0 Å². The molecule has 0 spiro atoms. The van der Waals surface area contributed by atoms with Crippen molar-refractivity contribution in [1.29, 1.82) is 0 Å². The fourth-order valence-corrected chi connectivity index (χ4v) is 8.32. The minimum atomic E-state index is -3.31. The second kappa shape index (κ2) is 39.0. The highest BCUT2D eigenvalue weighted by molar-refractivity contribution is 7.32. The van der Waals surface area contributed by atoms with Crippen molar-refractivity contribution in [3.8, 4) is 0 Å². The highest BCUT2D eigenvalue weighted by atomic mass is 31.1. The van der Waals surface area contributed by atoms with Gasteiger partial charge in [0, 0.05) is 19.4 Å². The maximum atomic E-state index is 15.0. The standard InChI is InChI=1S/C48H92N5O13P/c1-5-7-9-11-13-15-17-19-21-23-25-27-29-31-40(55)48(41(56)36-54,66-47(4,50)46(62)53-39(44(49)59)32-33-42(57)52-37(3)45(60)61)43(58)38(51-34-35-65-67(63)64)30-28-26-24-22-20-18-16-14-12-10-8-6-2/h37-39,41,51,54,56,67H,5-36,50H2,1-4H3,(H2,49,59)(H,52,57)(H,53,62)(H,60,61)(H,63,64)/t37-,38?,39+,41-,47+,48-/m0/s1. The van der Waals surface area contributed by atoms with Gasteiger partial charge in [-0.1, -0.05) is 168 Å². The van der Waals surface area contributed by atoms with E-state index in [2.05, 4.69) is 29.8 Å². The zero-order valence-corrected chi connectivity index (χ0v) is 42.6. The van der Waals surface area contributed by atoms with Gasteiger partial charge < -0.3 is 51.2 Å². The van der Waals surface area contributed by atoms with Crippen LogP contribution >= 0.6 is 8.25 Å². The van der Waals surface area contributed by atoms with Crippen LogP contribution in [0.2, 0.25) is 0 Å². The maximum Gasteiger partial charge on any atom is 0.325 e. The molecule has 0 saturated heterocycles. The number of Topliss-reactive ketones (excluding diaryl/α,β-unsaturated/α-hetero) is 2. The molecule has 0 rings (SSSR count). The number of aliphatic hydroxyl groups excluding tert-OH is 2. The summed E-state index contributed by atoms with van der Waals surface area (Å²) >= 11 is 0. The molecule has 0 aliphatic rings. The average molecular weight is 978 g/mol. The zero-order valence-electron chi connectivity index (χ0n) is 41.6. The Hall–Kier alpha value is -2.83. The Kier molecular flexibility index (Phi) is 37.3. The number of hydrogen-bond acceptors (Lipinski definition) is 13. The first kappa shape index (κ1) is 64.2. The van der Waals surface area contributed by atoms with E-state index in [9.17, 15) is 48.4 Å². The Morgan fingerprint density at radius 2 is 1.12 bits per heavy atom. The highest BCUT2D eigenvalue weighted by Gasteiger charge is 2.58. The highest BCUT2D eigenvalue weighted by Crippen LogP contribution is 2.31. The lowest BCUT2D eigenvalue weighted by Crippen LogP contribution is -2.70. The number of aliphatic carboxylic acids is 1. The van der Waals surface area contributed by atoms with E-state index < -0.39 is 92.1 Å². The number of amides is 3. The van der Waals surface area contributed by atoms with E-state index in [1.54, 1.807) is 0 Å². The molecule has 392 valence electrons. The van der Waals surface area contributed by atoms with Gasteiger partial charge in [0.05, 0.1) is 19.3 Å². The molecule has 3 amide bonds. The number of aliphatic hydroxyl groups is 2. The summed E-state index contributed by atoms with van der Waals surface area (Å²) in [6.45, 7) is 5.09. The van der Waals surface area contributed by atoms with Gasteiger partial charge in [-0.05, 0) is 33.1 Å². The molecule has 0 radical (unpaired) electrons. The molecule has 0 aromatic carbocycles. The first-order valence-electron chi connectivity index (χ1n) is 25.5. The number of carbonyl (C=O) groups is 6. The molecular weight excluding hydrogens is 886 g/mol. The summed E-state index contributed by atoms with van der Waals surface area (Å²) < 4.78 is 22.2. The number of carboxylic acid groups (broad SMARTS) is 1. The van der Waals surface area contributed by atoms with Gasteiger partial charge in [-0.3, -0.25) is 39.1 Å². The van der Waals surface area contributed by atoms with Crippen molar-refractivity contribution in [3.05, 3.63) is 0 Å². The zero-order chi connectivity index (χ0) is 50.5. The van der Waals surface area contributed by atoms with Crippen molar-refractivity contribution in [2.75, 3.05) is 19.8 Å². The van der Waals surface area contributed by atoms with Crippen molar-refractivity contribution in [2.45, 2.75) is 249 Å². The minimum Gasteiger partial charge on any atom is -0.480 e. The number of rotatable bonds is 47. The largest absolute Gasteiger partial charge is 0.480 e. The SMILES string of the molecule is CCCCCCCCCCCCCCCC(=O)[C@@](O[C@@](C)(N)C(=O)N[C@H](CCC(=O)N[C@@H](C)C(=O)O)C(N)=O)(C(=O)C(CCCCCCCCCCCCCC)NCCO[PH](=O)O)[C@@H](O)CO. The van der Waals surface area contributed by atoms with Crippen molar-refractivity contribution < 1.29 is 62.8 Å². The molecule has 0 aliphatic heterocycles. The molecule has 18 nitrogen and oxygen atoms in total. The van der Waals surface area contributed by atoms with E-state index in [0.29, 0.717) is 19.3 Å². The average Bonchev–Trinajstić information content (AvgIpc) is 3.28. The fraction of sp³-hybridized carbons (Fsp3) is 0.875. The Bertz CT molecular complexity index is 1420. The van der Waals surface area contributed by atoms with Crippen LogP contribution in [0.5, 0.6) is 0 Å². The van der Waals surface area contributed by atoms with Crippen LogP contribution in [0.1, 0.15) is 214 Å². The first-order chi connectivity index (χ1) is 31.9. The lowest BCUT2D eigenvalue weighted by atomic mass is 9.79. The van der Waals surface area contributed by atoms with Gasteiger partial charge in [0.1, 0.15) is 18.2 Å². The van der Waals surface area contributed by atoms with Crippen molar-refractivity contribution in [1.82, 2.24) is 16.0 Å². The lowest BCUT2D eigenvalue weighted by molar-refractivity contribution is -0.207. The van der Waals surface area contributed by atoms with Gasteiger partial charge in [-0.15, -0.1) is 0 Å². The third-order valence-electron chi connectivity index (χ3n) is 12.2. The molecular formula is C48H92N5O13P. The number of ketones is 2. The Morgan fingerprint density at radius 1 is 0.672 bits per heavy atom. The Morgan fingerprint density at radius 3 is 1.54 bits per heavy atom. The summed E-state index contributed by atoms with van der Waals surface area (Å²) in [4.78, 5) is 88.7. The second-order valence-corrected chi connectivity index (χ2v) is 19.1. The van der Waals surface area contributed by atoms with Gasteiger partial charge >= 0.3 is 14.2 Å². The summed E-state index contributed by atoms with van der Waals surface area (Å²) in [6, 6.07) is -4.02. The number of nitrogens with one attached hydrogen (secondary N) is 3. The second-order valence-electron chi connectivity index (χ2n) is 18.3. The smallest absolute Gasteiger partial charge is 0.325 e. The maximum absolute atomic E-state index is 15.0. The number of carbonyl (C=O) groups excluding carboxylic acids is 5. The van der Waals surface area contributed by atoms with Gasteiger partial charge in [0.25, 0.3) is 5.91 Å². The third kappa shape index (κ3) is 29.1. The minimum absolute atomic E-state index is 0.122. The van der Waals surface area contributed by atoms with E-state index in [-0.39, 0.29) is 32.4 Å². The van der Waals surface area contributed by atoms with Crippen LogP contribution in [0, 0.1) is 0 Å². The number of hydrogen-bond donors (Lipinski definition) is 9. The van der Waals surface area contributed by atoms with Gasteiger partial charge in [-0.2, -0.15) is 0 Å². The van der Waals surface area contributed by atoms with Crippen molar-refractivity contribution >= 4 is 43.5 Å². The van der Waals surface area contributed by atoms with Crippen LogP contribution in [-0.4, -0.2) is 111 Å². The number of primary amides is 1. The third-order valence-corrected chi connectivity index (χ3v) is 12.6. The van der Waals surface area contributed by atoms with Gasteiger partial charge in [0.2, 0.25) is 17.4 Å². The molecule has 11 N–H and O–H groups in total. The van der Waals surface area contributed by atoms with E-state index >= 15 is 0 Å². The molecule has 19 heteroatoms. The van der Waals surface area contributed by atoms with Gasteiger partial charge in [0.15, 0.2) is 17.3 Å². The molecule has 7 atom stereocenters. The van der Waals surface area contributed by atoms with Crippen molar-refractivity contribution in [2.24, 2.45) is 11.5 Å². The molecule has 0 aliphatic carbocycles. The van der Waals surface area contributed by atoms with E-state index in [1.807, 2.05) is 0 Å². The van der Waals surface area contributed by atoms with E-state index in [0.717, 1.165) is 71.1 Å². The number of ether oxygens (including phenoxy) is 1. The molecule has 0 fully saturated rings. The van der Waals surface area contributed by atoms with Crippen LogP contribution in [0.15, 0.2) is 0 Å². The summed E-state index contributed by atoms with van der Waals surface area (Å²) in [5, 5.41) is 38.6. The molecule has 0 heterocycles. The van der Waals surface area contributed by atoms with Crippen molar-refractivity contribution in [3.63, 3.8) is 0 Å². The lowest BCUT2D eigenvalue weighted by Gasteiger charge is -2.42. The number of unbranched alkanes of at least 4 members (excludes halogenated alkanes) is 23.